The van der Waals surface area contributed by atoms with Crippen LogP contribution in [0.2, 0.25) is 0 Å². The van der Waals surface area contributed by atoms with Crippen LogP contribution in [-0.2, 0) is 0 Å². The first kappa shape index (κ1) is 12.1. The van der Waals surface area contributed by atoms with Crippen LogP contribution in [0.3, 0.4) is 0 Å². The molecule has 0 radical (unpaired) electrons. The molecule has 0 aliphatic rings. The number of benzene rings is 1. The Morgan fingerprint density at radius 2 is 1.93 bits per heavy atom. The van der Waals surface area contributed by atoms with Gasteiger partial charge in [0.05, 0.1) is 0 Å². The van der Waals surface area contributed by atoms with E-state index >= 15 is 0 Å². The summed E-state index contributed by atoms with van der Waals surface area (Å²) < 4.78 is 25.8. The molecule has 1 N–H and O–H groups in total. The van der Waals surface area contributed by atoms with Crippen molar-refractivity contribution >= 4 is 0 Å². The van der Waals surface area contributed by atoms with E-state index in [0.29, 0.717) is 5.92 Å². The van der Waals surface area contributed by atoms with Crippen molar-refractivity contribution in [2.75, 3.05) is 7.05 Å². The minimum absolute atomic E-state index is 0.0742. The average molecular weight is 213 g/mol. The van der Waals surface area contributed by atoms with Crippen molar-refractivity contribution in [1.29, 1.82) is 0 Å². The molecule has 1 aromatic rings. The van der Waals surface area contributed by atoms with E-state index in [0.717, 1.165) is 12.0 Å². The van der Waals surface area contributed by atoms with Gasteiger partial charge < -0.3 is 5.32 Å². The van der Waals surface area contributed by atoms with Crippen molar-refractivity contribution in [1.82, 2.24) is 5.32 Å². The van der Waals surface area contributed by atoms with E-state index in [4.69, 9.17) is 0 Å². The van der Waals surface area contributed by atoms with Crippen molar-refractivity contribution < 1.29 is 8.78 Å². The van der Waals surface area contributed by atoms with Crippen molar-refractivity contribution in [3.8, 4) is 0 Å². The Morgan fingerprint density at radius 1 is 1.27 bits per heavy atom. The van der Waals surface area contributed by atoms with E-state index in [9.17, 15) is 8.78 Å². The molecule has 2 unspecified atom stereocenters. The van der Waals surface area contributed by atoms with Gasteiger partial charge in [0.2, 0.25) is 0 Å². The Hall–Kier alpha value is -0.960. The van der Waals surface area contributed by atoms with E-state index in [1.165, 1.54) is 12.1 Å². The molecule has 0 saturated heterocycles. The van der Waals surface area contributed by atoms with Crippen molar-refractivity contribution in [2.24, 2.45) is 5.92 Å². The topological polar surface area (TPSA) is 12.0 Å². The molecule has 1 aromatic carbocycles. The molecular weight excluding hydrogens is 196 g/mol. The molecular formula is C12H17F2N. The Labute approximate surface area is 89.5 Å². The van der Waals surface area contributed by atoms with Gasteiger partial charge in [-0.05, 0) is 30.7 Å². The molecule has 0 amide bonds. The molecule has 84 valence electrons. The van der Waals surface area contributed by atoms with Gasteiger partial charge in [-0.2, -0.15) is 0 Å². The molecule has 0 aromatic heterocycles. The Bertz CT molecular complexity index is 325. The van der Waals surface area contributed by atoms with E-state index < -0.39 is 11.6 Å². The van der Waals surface area contributed by atoms with Gasteiger partial charge in [0.15, 0.2) is 11.6 Å². The lowest BCUT2D eigenvalue weighted by Gasteiger charge is -2.22. The smallest absolute Gasteiger partial charge is 0.159 e. The highest BCUT2D eigenvalue weighted by atomic mass is 19.2. The zero-order chi connectivity index (χ0) is 11.4. The van der Waals surface area contributed by atoms with Crippen molar-refractivity contribution in [2.45, 2.75) is 26.3 Å². The molecule has 0 heterocycles. The van der Waals surface area contributed by atoms with Gasteiger partial charge >= 0.3 is 0 Å². The zero-order valence-corrected chi connectivity index (χ0v) is 9.35. The summed E-state index contributed by atoms with van der Waals surface area (Å²) in [5.74, 6) is -1.19. The highest BCUT2D eigenvalue weighted by molar-refractivity contribution is 5.21. The highest BCUT2D eigenvalue weighted by Crippen LogP contribution is 2.24. The Morgan fingerprint density at radius 3 is 2.40 bits per heavy atom. The monoisotopic (exact) mass is 213 g/mol. The van der Waals surface area contributed by atoms with Crippen LogP contribution in [0.15, 0.2) is 18.2 Å². The molecule has 0 bridgehead atoms. The Balaban J connectivity index is 2.97. The Kier molecular flexibility index (Phi) is 4.21. The zero-order valence-electron chi connectivity index (χ0n) is 9.35. The third-order valence-electron chi connectivity index (χ3n) is 2.83. The number of nitrogens with one attached hydrogen (secondary N) is 1. The predicted octanol–water partition coefficient (Wildman–Crippen LogP) is 3.27. The average Bonchev–Trinajstić information content (AvgIpc) is 2.24. The van der Waals surface area contributed by atoms with E-state index in [1.54, 1.807) is 6.07 Å². The summed E-state index contributed by atoms with van der Waals surface area (Å²) in [4.78, 5) is 0. The maximum atomic E-state index is 13.0. The first-order valence-corrected chi connectivity index (χ1v) is 5.22. The summed E-state index contributed by atoms with van der Waals surface area (Å²) in [5, 5.41) is 3.13. The fraction of sp³-hybridized carbons (Fsp3) is 0.500. The lowest BCUT2D eigenvalue weighted by molar-refractivity contribution is 0.397. The second-order valence-corrected chi connectivity index (χ2v) is 3.83. The number of hydrogen-bond acceptors (Lipinski definition) is 1. The largest absolute Gasteiger partial charge is 0.313 e. The lowest BCUT2D eigenvalue weighted by atomic mass is 9.92. The van der Waals surface area contributed by atoms with E-state index in [-0.39, 0.29) is 6.04 Å². The van der Waals surface area contributed by atoms with Gasteiger partial charge in [0.25, 0.3) is 0 Å². The first-order valence-electron chi connectivity index (χ1n) is 5.22. The van der Waals surface area contributed by atoms with Crippen LogP contribution in [0, 0.1) is 17.6 Å². The van der Waals surface area contributed by atoms with Gasteiger partial charge in [-0.25, -0.2) is 8.78 Å². The molecule has 0 saturated carbocycles. The molecule has 2 atom stereocenters. The van der Waals surface area contributed by atoms with Crippen LogP contribution < -0.4 is 5.32 Å². The summed E-state index contributed by atoms with van der Waals surface area (Å²) in [6, 6.07) is 4.15. The van der Waals surface area contributed by atoms with Crippen LogP contribution in [0.5, 0.6) is 0 Å². The first-order chi connectivity index (χ1) is 7.10. The SMILES string of the molecule is CCC(C)C(NC)c1ccc(F)c(F)c1. The van der Waals surface area contributed by atoms with E-state index in [2.05, 4.69) is 19.2 Å². The predicted molar refractivity (Wildman–Crippen MR) is 57.6 cm³/mol. The highest BCUT2D eigenvalue weighted by Gasteiger charge is 2.17. The third-order valence-corrected chi connectivity index (χ3v) is 2.83. The summed E-state index contributed by atoms with van der Waals surface area (Å²) in [6.07, 6.45) is 0.991. The summed E-state index contributed by atoms with van der Waals surface area (Å²) in [7, 11) is 1.83. The molecule has 1 rings (SSSR count). The van der Waals surface area contributed by atoms with Crippen molar-refractivity contribution in [3.05, 3.63) is 35.4 Å². The van der Waals surface area contributed by atoms with E-state index in [1.807, 2.05) is 7.05 Å². The van der Waals surface area contributed by atoms with Crippen LogP contribution >= 0.6 is 0 Å². The lowest BCUT2D eigenvalue weighted by Crippen LogP contribution is -2.23. The fourth-order valence-corrected chi connectivity index (χ4v) is 1.72. The summed E-state index contributed by atoms with van der Waals surface area (Å²) in [6.45, 7) is 4.16. The molecule has 0 aliphatic carbocycles. The van der Waals surface area contributed by atoms with Gasteiger partial charge in [-0.15, -0.1) is 0 Å². The normalized spacial score (nSPS) is 15.0. The minimum atomic E-state index is -0.794. The van der Waals surface area contributed by atoms with Gasteiger partial charge in [0.1, 0.15) is 0 Å². The molecule has 15 heavy (non-hydrogen) atoms. The molecule has 0 spiro atoms. The number of halogens is 2. The second kappa shape index (κ2) is 5.21. The van der Waals surface area contributed by atoms with Gasteiger partial charge in [0, 0.05) is 6.04 Å². The van der Waals surface area contributed by atoms with Gasteiger partial charge in [-0.3, -0.25) is 0 Å². The second-order valence-electron chi connectivity index (χ2n) is 3.83. The maximum absolute atomic E-state index is 13.0. The summed E-state index contributed by atoms with van der Waals surface area (Å²) >= 11 is 0. The third kappa shape index (κ3) is 2.75. The standard InChI is InChI=1S/C12H17F2N/c1-4-8(2)12(15-3)9-5-6-10(13)11(14)7-9/h5-8,12,15H,4H2,1-3H3. The van der Waals surface area contributed by atoms with Crippen molar-refractivity contribution in [3.63, 3.8) is 0 Å². The number of rotatable bonds is 4. The summed E-state index contributed by atoms with van der Waals surface area (Å²) in [5.41, 5.74) is 0.797. The van der Waals surface area contributed by atoms with Crippen LogP contribution in [0.1, 0.15) is 31.9 Å². The van der Waals surface area contributed by atoms with Crippen LogP contribution in [0.4, 0.5) is 8.78 Å². The maximum Gasteiger partial charge on any atom is 0.159 e. The molecule has 0 fully saturated rings. The molecule has 3 heteroatoms. The van der Waals surface area contributed by atoms with Crippen LogP contribution in [0.25, 0.3) is 0 Å². The number of hydrogen-bond donors (Lipinski definition) is 1. The molecule has 0 aliphatic heterocycles. The van der Waals surface area contributed by atoms with Crippen LogP contribution in [-0.4, -0.2) is 7.05 Å². The van der Waals surface area contributed by atoms with Gasteiger partial charge in [-0.1, -0.05) is 26.3 Å². The molecule has 1 nitrogen and oxygen atoms in total. The minimum Gasteiger partial charge on any atom is -0.313 e. The fourth-order valence-electron chi connectivity index (χ4n) is 1.72. The quantitative estimate of drug-likeness (QED) is 0.809.